The maximum Gasteiger partial charge on any atom is 0.191 e. The highest BCUT2D eigenvalue weighted by molar-refractivity contribution is 7.99. The SMILES string of the molecule is COc1ccccc1-c1nnc(SCC(=O)c2cc(C)n(CCc3ccccc3)c2C)n1C. The van der Waals surface area contributed by atoms with Crippen LogP contribution in [-0.4, -0.2) is 38.0 Å². The molecule has 4 rings (SSSR count). The highest BCUT2D eigenvalue weighted by atomic mass is 32.2. The van der Waals surface area contributed by atoms with E-state index >= 15 is 0 Å². The lowest BCUT2D eigenvalue weighted by atomic mass is 10.1. The number of hydrogen-bond acceptors (Lipinski definition) is 5. The molecule has 0 aliphatic carbocycles. The summed E-state index contributed by atoms with van der Waals surface area (Å²) in [5.41, 5.74) is 5.06. The Hall–Kier alpha value is -3.32. The van der Waals surface area contributed by atoms with Crippen LogP contribution in [0.2, 0.25) is 0 Å². The first kappa shape index (κ1) is 22.9. The van der Waals surface area contributed by atoms with Crippen molar-refractivity contribution in [1.29, 1.82) is 0 Å². The van der Waals surface area contributed by atoms with E-state index in [-0.39, 0.29) is 5.78 Å². The smallest absolute Gasteiger partial charge is 0.191 e. The lowest BCUT2D eigenvalue weighted by molar-refractivity contribution is 0.102. The van der Waals surface area contributed by atoms with Crippen LogP contribution in [0.1, 0.15) is 27.3 Å². The summed E-state index contributed by atoms with van der Waals surface area (Å²) >= 11 is 1.40. The second kappa shape index (κ2) is 10.1. The predicted octanol–water partition coefficient (Wildman–Crippen LogP) is 5.13. The number of aromatic nitrogens is 4. The molecule has 0 radical (unpaired) electrons. The number of aryl methyl sites for hydroxylation is 2. The minimum atomic E-state index is 0.0981. The molecule has 4 aromatic rings. The molecule has 2 heterocycles. The molecule has 170 valence electrons. The van der Waals surface area contributed by atoms with Gasteiger partial charge in [-0.25, -0.2) is 0 Å². The number of methoxy groups -OCH3 is 1. The van der Waals surface area contributed by atoms with Gasteiger partial charge >= 0.3 is 0 Å². The molecule has 0 fully saturated rings. The van der Waals surface area contributed by atoms with Gasteiger partial charge in [0.15, 0.2) is 16.8 Å². The quantitative estimate of drug-likeness (QED) is 0.256. The van der Waals surface area contributed by atoms with Crippen molar-refractivity contribution in [2.24, 2.45) is 7.05 Å². The molecule has 2 aromatic heterocycles. The molecule has 33 heavy (non-hydrogen) atoms. The van der Waals surface area contributed by atoms with Crippen LogP contribution < -0.4 is 4.74 Å². The summed E-state index contributed by atoms with van der Waals surface area (Å²) in [6, 6.07) is 20.1. The number of Topliss-reactive ketones (excluding diaryl/α,β-unsaturated/α-hetero) is 1. The van der Waals surface area contributed by atoms with E-state index in [1.54, 1.807) is 7.11 Å². The van der Waals surface area contributed by atoms with Gasteiger partial charge in [-0.3, -0.25) is 4.79 Å². The van der Waals surface area contributed by atoms with Crippen molar-refractivity contribution < 1.29 is 9.53 Å². The number of thioether (sulfide) groups is 1. The molecular formula is C26H28N4O2S. The van der Waals surface area contributed by atoms with Gasteiger partial charge in [0.1, 0.15) is 5.75 Å². The molecule has 0 bridgehead atoms. The number of para-hydroxylation sites is 1. The summed E-state index contributed by atoms with van der Waals surface area (Å²) < 4.78 is 9.58. The fourth-order valence-corrected chi connectivity index (χ4v) is 4.82. The van der Waals surface area contributed by atoms with Crippen molar-refractivity contribution in [1.82, 2.24) is 19.3 Å². The zero-order valence-corrected chi connectivity index (χ0v) is 20.2. The number of carbonyl (C=O) groups is 1. The van der Waals surface area contributed by atoms with Gasteiger partial charge in [0.25, 0.3) is 0 Å². The van der Waals surface area contributed by atoms with Gasteiger partial charge in [-0.2, -0.15) is 0 Å². The van der Waals surface area contributed by atoms with Gasteiger partial charge < -0.3 is 13.9 Å². The summed E-state index contributed by atoms with van der Waals surface area (Å²) in [5.74, 6) is 1.85. The molecule has 0 unspecified atom stereocenters. The molecule has 0 aliphatic heterocycles. The predicted molar refractivity (Wildman–Crippen MR) is 132 cm³/mol. The lowest BCUT2D eigenvalue weighted by Crippen LogP contribution is -2.08. The van der Waals surface area contributed by atoms with E-state index in [1.165, 1.54) is 17.3 Å². The van der Waals surface area contributed by atoms with Crippen molar-refractivity contribution in [2.75, 3.05) is 12.9 Å². The molecule has 0 N–H and O–H groups in total. The van der Waals surface area contributed by atoms with Gasteiger partial charge in [0.2, 0.25) is 0 Å². The number of carbonyl (C=O) groups excluding carboxylic acids is 1. The standard InChI is InChI=1S/C26H28N4O2S/c1-18-16-22(19(2)30(18)15-14-20-10-6-5-7-11-20)23(31)17-33-26-28-27-25(29(26)3)21-12-8-9-13-24(21)32-4/h5-13,16H,14-15,17H2,1-4H3. The van der Waals surface area contributed by atoms with Crippen LogP contribution in [0.15, 0.2) is 65.8 Å². The second-order valence-electron chi connectivity index (χ2n) is 7.95. The number of nitrogens with zero attached hydrogens (tertiary/aromatic N) is 4. The molecule has 0 amide bonds. The number of rotatable bonds is 9. The Bertz CT molecular complexity index is 1260. The van der Waals surface area contributed by atoms with E-state index in [2.05, 4.69) is 46.0 Å². The molecule has 0 aliphatic rings. The van der Waals surface area contributed by atoms with Crippen molar-refractivity contribution in [2.45, 2.75) is 32.0 Å². The van der Waals surface area contributed by atoms with Crippen molar-refractivity contribution in [3.05, 3.63) is 83.2 Å². The van der Waals surface area contributed by atoms with Gasteiger partial charge in [-0.05, 0) is 44.0 Å². The summed E-state index contributed by atoms with van der Waals surface area (Å²) in [6.07, 6.45) is 0.935. The summed E-state index contributed by atoms with van der Waals surface area (Å²) in [6.45, 7) is 4.94. The summed E-state index contributed by atoms with van der Waals surface area (Å²) in [5, 5.41) is 9.33. The van der Waals surface area contributed by atoms with E-state index < -0.39 is 0 Å². The Morgan fingerprint density at radius 1 is 1.03 bits per heavy atom. The van der Waals surface area contributed by atoms with Gasteiger partial charge in [0.05, 0.1) is 18.4 Å². The minimum absolute atomic E-state index is 0.0981. The Labute approximate surface area is 198 Å². The van der Waals surface area contributed by atoms with Crippen LogP contribution >= 0.6 is 11.8 Å². The number of benzene rings is 2. The fraction of sp³-hybridized carbons (Fsp3) is 0.269. The van der Waals surface area contributed by atoms with Crippen molar-refractivity contribution in [3.63, 3.8) is 0 Å². The van der Waals surface area contributed by atoms with Crippen LogP contribution in [0.3, 0.4) is 0 Å². The first-order valence-corrected chi connectivity index (χ1v) is 11.9. The molecule has 0 saturated heterocycles. The average molecular weight is 461 g/mol. The van der Waals surface area contributed by atoms with E-state index in [4.69, 9.17) is 4.74 Å². The Balaban J connectivity index is 1.45. The van der Waals surface area contributed by atoms with Gasteiger partial charge in [-0.15, -0.1) is 10.2 Å². The lowest BCUT2D eigenvalue weighted by Gasteiger charge is -2.10. The monoisotopic (exact) mass is 460 g/mol. The first-order valence-electron chi connectivity index (χ1n) is 10.9. The Morgan fingerprint density at radius 2 is 1.76 bits per heavy atom. The summed E-state index contributed by atoms with van der Waals surface area (Å²) in [7, 11) is 3.55. The summed E-state index contributed by atoms with van der Waals surface area (Å²) in [4.78, 5) is 13.1. The highest BCUT2D eigenvalue weighted by Crippen LogP contribution is 2.30. The third kappa shape index (κ3) is 4.88. The van der Waals surface area contributed by atoms with Crippen molar-refractivity contribution in [3.8, 4) is 17.1 Å². The van der Waals surface area contributed by atoms with E-state index in [1.807, 2.05) is 54.9 Å². The third-order valence-electron chi connectivity index (χ3n) is 5.86. The molecule has 2 aromatic carbocycles. The van der Waals surface area contributed by atoms with E-state index in [0.29, 0.717) is 16.7 Å². The minimum Gasteiger partial charge on any atom is -0.496 e. The number of hydrogen-bond donors (Lipinski definition) is 0. The van der Waals surface area contributed by atoms with Gasteiger partial charge in [0, 0.05) is 30.5 Å². The average Bonchev–Trinajstić information content (AvgIpc) is 3.35. The zero-order valence-electron chi connectivity index (χ0n) is 19.4. The number of ether oxygens (including phenoxy) is 1. The normalized spacial score (nSPS) is 11.0. The van der Waals surface area contributed by atoms with Crippen LogP contribution in [-0.2, 0) is 20.0 Å². The Kier molecular flexibility index (Phi) is 6.99. The van der Waals surface area contributed by atoms with E-state index in [0.717, 1.165) is 41.2 Å². The molecule has 6 nitrogen and oxygen atoms in total. The third-order valence-corrected chi connectivity index (χ3v) is 6.88. The molecule has 7 heteroatoms. The second-order valence-corrected chi connectivity index (χ2v) is 8.89. The number of ketones is 1. The molecular weight excluding hydrogens is 432 g/mol. The highest BCUT2D eigenvalue weighted by Gasteiger charge is 2.19. The maximum absolute atomic E-state index is 13.1. The topological polar surface area (TPSA) is 61.9 Å². The molecule has 0 atom stereocenters. The van der Waals surface area contributed by atoms with E-state index in [9.17, 15) is 4.79 Å². The van der Waals surface area contributed by atoms with Crippen LogP contribution in [0.4, 0.5) is 0 Å². The molecule has 0 spiro atoms. The Morgan fingerprint density at radius 3 is 2.52 bits per heavy atom. The first-order chi connectivity index (χ1) is 16.0. The van der Waals surface area contributed by atoms with Crippen LogP contribution in [0.5, 0.6) is 5.75 Å². The largest absolute Gasteiger partial charge is 0.496 e. The van der Waals surface area contributed by atoms with Crippen LogP contribution in [0.25, 0.3) is 11.4 Å². The van der Waals surface area contributed by atoms with Crippen molar-refractivity contribution >= 4 is 17.5 Å². The maximum atomic E-state index is 13.1. The van der Waals surface area contributed by atoms with Gasteiger partial charge in [-0.1, -0.05) is 54.2 Å². The zero-order chi connectivity index (χ0) is 23.4. The fourth-order valence-electron chi connectivity index (χ4n) is 4.03. The van der Waals surface area contributed by atoms with Crippen LogP contribution in [0, 0.1) is 13.8 Å². The molecule has 0 saturated carbocycles.